The van der Waals surface area contributed by atoms with Crippen LogP contribution in [0.5, 0.6) is 0 Å². The Morgan fingerprint density at radius 3 is 2.24 bits per heavy atom. The van der Waals surface area contributed by atoms with Crippen LogP contribution in [0.15, 0.2) is 48.5 Å². The Morgan fingerprint density at radius 1 is 1.03 bits per heavy atom. The van der Waals surface area contributed by atoms with E-state index in [0.29, 0.717) is 19.4 Å². The quantitative estimate of drug-likeness (QED) is 0.725. The lowest BCUT2D eigenvalue weighted by atomic mass is 9.79. The van der Waals surface area contributed by atoms with Crippen LogP contribution in [-0.4, -0.2) is 32.6 Å². The van der Waals surface area contributed by atoms with Crippen LogP contribution in [0.2, 0.25) is 0 Å². The molecule has 0 spiro atoms. The van der Waals surface area contributed by atoms with Crippen LogP contribution in [0.25, 0.3) is 0 Å². The summed E-state index contributed by atoms with van der Waals surface area (Å²) in [5.41, 5.74) is 2.02. The molecule has 0 aliphatic heterocycles. The average molecular weight is 398 g/mol. The molecule has 1 aliphatic rings. The summed E-state index contributed by atoms with van der Waals surface area (Å²) in [7, 11) is 3.93. The number of ether oxygens (including phenoxy) is 1. The second kappa shape index (κ2) is 9.07. The maximum atomic E-state index is 13.3. The molecule has 0 aromatic heterocycles. The zero-order valence-electron chi connectivity index (χ0n) is 16.9. The number of amides is 1. The molecule has 0 radical (unpaired) electrons. The van der Waals surface area contributed by atoms with Crippen molar-refractivity contribution in [2.45, 2.75) is 37.6 Å². The van der Waals surface area contributed by atoms with Crippen molar-refractivity contribution < 1.29 is 18.7 Å². The minimum absolute atomic E-state index is 0.322. The van der Waals surface area contributed by atoms with E-state index in [2.05, 4.69) is 5.32 Å². The number of carbonyl (C=O) groups is 2. The van der Waals surface area contributed by atoms with Crippen molar-refractivity contribution in [3.05, 3.63) is 65.5 Å². The fourth-order valence-corrected chi connectivity index (χ4v) is 3.79. The third-order valence-electron chi connectivity index (χ3n) is 5.52. The molecule has 0 saturated heterocycles. The van der Waals surface area contributed by atoms with Gasteiger partial charge in [0.25, 0.3) is 5.91 Å². The van der Waals surface area contributed by atoms with E-state index in [0.717, 1.165) is 29.7 Å². The van der Waals surface area contributed by atoms with Crippen LogP contribution in [0.4, 0.5) is 10.1 Å². The summed E-state index contributed by atoms with van der Waals surface area (Å²) in [5, 5.41) is 2.77. The molecule has 0 heterocycles. The van der Waals surface area contributed by atoms with E-state index in [1.807, 2.05) is 43.3 Å². The fourth-order valence-electron chi connectivity index (χ4n) is 3.79. The minimum atomic E-state index is -0.782. The molecule has 6 heteroatoms. The number of benzene rings is 2. The van der Waals surface area contributed by atoms with E-state index in [1.54, 1.807) is 12.1 Å². The van der Waals surface area contributed by atoms with Gasteiger partial charge in [-0.1, -0.05) is 37.1 Å². The molecule has 154 valence electrons. The Balaban J connectivity index is 1.54. The predicted molar refractivity (Wildman–Crippen MR) is 110 cm³/mol. The molecule has 0 unspecified atom stereocenters. The largest absolute Gasteiger partial charge is 0.455 e. The Kier molecular flexibility index (Phi) is 6.52. The summed E-state index contributed by atoms with van der Waals surface area (Å²) in [4.78, 5) is 27.0. The van der Waals surface area contributed by atoms with Crippen LogP contribution in [0.3, 0.4) is 0 Å². The first-order valence-corrected chi connectivity index (χ1v) is 9.87. The van der Waals surface area contributed by atoms with Gasteiger partial charge in [-0.2, -0.15) is 0 Å². The van der Waals surface area contributed by atoms with E-state index in [4.69, 9.17) is 4.74 Å². The summed E-state index contributed by atoms with van der Waals surface area (Å²) in [6.45, 7) is 0.0464. The van der Waals surface area contributed by atoms with Gasteiger partial charge in [-0.25, -0.2) is 4.39 Å². The van der Waals surface area contributed by atoms with Gasteiger partial charge in [0.2, 0.25) is 0 Å². The number of carbonyl (C=O) groups excluding carboxylic acids is 2. The summed E-state index contributed by atoms with van der Waals surface area (Å²) in [6.07, 6.45) is 3.11. The highest BCUT2D eigenvalue weighted by atomic mass is 19.1. The number of hydrogen-bond donors (Lipinski definition) is 1. The summed E-state index contributed by atoms with van der Waals surface area (Å²) in [6, 6.07) is 13.8. The summed E-state index contributed by atoms with van der Waals surface area (Å²) >= 11 is 0. The zero-order valence-corrected chi connectivity index (χ0v) is 16.9. The monoisotopic (exact) mass is 398 g/mol. The van der Waals surface area contributed by atoms with Crippen molar-refractivity contribution in [3.8, 4) is 0 Å². The number of esters is 1. The van der Waals surface area contributed by atoms with Crippen LogP contribution in [0.1, 0.15) is 36.8 Å². The third kappa shape index (κ3) is 4.94. The molecule has 1 fully saturated rings. The Labute approximate surface area is 170 Å². The van der Waals surface area contributed by atoms with Crippen molar-refractivity contribution in [1.29, 1.82) is 0 Å². The molecule has 2 aromatic rings. The van der Waals surface area contributed by atoms with Gasteiger partial charge in [-0.05, 0) is 48.2 Å². The van der Waals surface area contributed by atoms with Gasteiger partial charge < -0.3 is 15.0 Å². The van der Waals surface area contributed by atoms with Gasteiger partial charge in [0.1, 0.15) is 5.82 Å². The van der Waals surface area contributed by atoms with E-state index in [9.17, 15) is 14.0 Å². The molecular weight excluding hydrogens is 371 g/mol. The number of nitrogens with zero attached hydrogens (tertiary/aromatic N) is 1. The lowest BCUT2D eigenvalue weighted by Crippen LogP contribution is -2.37. The van der Waals surface area contributed by atoms with Crippen LogP contribution < -0.4 is 10.2 Å². The minimum Gasteiger partial charge on any atom is -0.455 e. The molecular formula is C23H27FN2O3. The standard InChI is InChI=1S/C23H27FN2O3/c1-26(2)20-11-5-17(6-12-20)15-25-21(27)16-29-22(28)23(13-3-4-14-23)18-7-9-19(24)10-8-18/h5-12H,3-4,13-16H2,1-2H3,(H,25,27). The van der Waals surface area contributed by atoms with Crippen LogP contribution in [0, 0.1) is 5.82 Å². The molecule has 1 amide bonds. The number of rotatable bonds is 7. The molecule has 1 saturated carbocycles. The molecule has 1 aliphatic carbocycles. The first-order chi connectivity index (χ1) is 13.9. The van der Waals surface area contributed by atoms with E-state index in [1.165, 1.54) is 12.1 Å². The van der Waals surface area contributed by atoms with Gasteiger partial charge in [-0.15, -0.1) is 0 Å². The van der Waals surface area contributed by atoms with Gasteiger partial charge in [0.05, 0.1) is 5.41 Å². The molecule has 0 bridgehead atoms. The molecule has 5 nitrogen and oxygen atoms in total. The second-order valence-corrected chi connectivity index (χ2v) is 7.71. The molecule has 2 aromatic carbocycles. The van der Waals surface area contributed by atoms with Crippen molar-refractivity contribution in [2.24, 2.45) is 0 Å². The first kappa shape index (κ1) is 20.8. The highest BCUT2D eigenvalue weighted by molar-refractivity contribution is 5.86. The summed E-state index contributed by atoms with van der Waals surface area (Å²) in [5.74, 6) is -1.09. The van der Waals surface area contributed by atoms with Gasteiger partial charge in [0.15, 0.2) is 6.61 Å². The molecule has 1 N–H and O–H groups in total. The fraction of sp³-hybridized carbons (Fsp3) is 0.391. The Morgan fingerprint density at radius 2 is 1.66 bits per heavy atom. The summed E-state index contributed by atoms with van der Waals surface area (Å²) < 4.78 is 18.6. The number of halogens is 1. The lowest BCUT2D eigenvalue weighted by molar-refractivity contribution is -0.154. The zero-order chi connectivity index (χ0) is 20.9. The lowest BCUT2D eigenvalue weighted by Gasteiger charge is -2.27. The topological polar surface area (TPSA) is 58.6 Å². The van der Waals surface area contributed by atoms with Crippen molar-refractivity contribution in [2.75, 3.05) is 25.6 Å². The highest BCUT2D eigenvalue weighted by Gasteiger charge is 2.44. The van der Waals surface area contributed by atoms with E-state index >= 15 is 0 Å². The third-order valence-corrected chi connectivity index (χ3v) is 5.52. The van der Waals surface area contributed by atoms with Crippen LogP contribution >= 0.6 is 0 Å². The van der Waals surface area contributed by atoms with Gasteiger partial charge >= 0.3 is 5.97 Å². The van der Waals surface area contributed by atoms with E-state index < -0.39 is 11.4 Å². The Bertz CT molecular complexity index is 841. The molecule has 3 rings (SSSR count). The predicted octanol–water partition coefficient (Wildman–Crippen LogP) is 3.56. The smallest absolute Gasteiger partial charge is 0.317 e. The van der Waals surface area contributed by atoms with Gasteiger partial charge in [0, 0.05) is 26.3 Å². The van der Waals surface area contributed by atoms with Crippen LogP contribution in [-0.2, 0) is 26.3 Å². The van der Waals surface area contributed by atoms with Crippen molar-refractivity contribution in [1.82, 2.24) is 5.32 Å². The average Bonchev–Trinajstić information content (AvgIpc) is 3.22. The van der Waals surface area contributed by atoms with Crippen molar-refractivity contribution >= 4 is 17.6 Å². The number of nitrogens with one attached hydrogen (secondary N) is 1. The van der Waals surface area contributed by atoms with Gasteiger partial charge in [-0.3, -0.25) is 9.59 Å². The highest BCUT2D eigenvalue weighted by Crippen LogP contribution is 2.42. The number of hydrogen-bond acceptors (Lipinski definition) is 4. The number of anilines is 1. The molecule has 29 heavy (non-hydrogen) atoms. The van der Waals surface area contributed by atoms with E-state index in [-0.39, 0.29) is 18.3 Å². The second-order valence-electron chi connectivity index (χ2n) is 7.71. The van der Waals surface area contributed by atoms with Crippen molar-refractivity contribution in [3.63, 3.8) is 0 Å². The SMILES string of the molecule is CN(C)c1ccc(CNC(=O)COC(=O)C2(c3ccc(F)cc3)CCCC2)cc1. The maximum Gasteiger partial charge on any atom is 0.317 e. The maximum absolute atomic E-state index is 13.3. The normalized spacial score (nSPS) is 15.0. The Hall–Kier alpha value is -2.89. The first-order valence-electron chi connectivity index (χ1n) is 9.87. The molecule has 0 atom stereocenters.